The lowest BCUT2D eigenvalue weighted by atomic mass is 10.5. The Kier molecular flexibility index (Phi) is 43.0. The van der Waals surface area contributed by atoms with E-state index < -0.39 is 0 Å². The Bertz CT molecular complexity index is 43.4. The Hall–Kier alpha value is 0.310. The van der Waals surface area contributed by atoms with E-state index in [-0.39, 0.29) is 0 Å². The zero-order valence-electron chi connectivity index (χ0n) is 10.4. The first-order valence-electron chi connectivity index (χ1n) is 5.55. The Balaban J connectivity index is -0.000000131. The summed E-state index contributed by atoms with van der Waals surface area (Å²) in [5, 5.41) is 3.02. The summed E-state index contributed by atoms with van der Waals surface area (Å²) in [5.74, 6) is 2.60. The van der Waals surface area contributed by atoms with E-state index in [0.717, 1.165) is 6.54 Å². The topological polar surface area (TPSA) is 12.0 Å². The van der Waals surface area contributed by atoms with Crippen molar-refractivity contribution in [3.05, 3.63) is 0 Å². The highest BCUT2D eigenvalue weighted by Crippen LogP contribution is 1.98. The van der Waals surface area contributed by atoms with E-state index in [1.54, 1.807) is 0 Å². The quantitative estimate of drug-likeness (QED) is 0.688. The molecule has 84 valence electrons. The van der Waals surface area contributed by atoms with Crippen LogP contribution in [0.2, 0.25) is 0 Å². The van der Waals surface area contributed by atoms with Gasteiger partial charge in [-0.2, -0.15) is 11.8 Å². The van der Waals surface area contributed by atoms with Crippen molar-refractivity contribution in [3.63, 3.8) is 0 Å². The average molecular weight is 207 g/mol. The average Bonchev–Trinajstić information content (AvgIpc) is 2.20. The van der Waals surface area contributed by atoms with Gasteiger partial charge in [0.15, 0.2) is 0 Å². The van der Waals surface area contributed by atoms with E-state index in [0.29, 0.717) is 0 Å². The van der Waals surface area contributed by atoms with Gasteiger partial charge in [0, 0.05) is 0 Å². The molecule has 0 aromatic carbocycles. The Morgan fingerprint density at radius 3 is 1.62 bits per heavy atom. The molecular weight excluding hydrogens is 178 g/mol. The Labute approximate surface area is 90.1 Å². The van der Waals surface area contributed by atoms with Crippen LogP contribution in [0.15, 0.2) is 0 Å². The smallest absolute Gasteiger partial charge is 0.00546 e. The molecule has 0 radical (unpaired) electrons. The second-order valence-corrected chi connectivity index (χ2v) is 3.69. The van der Waals surface area contributed by atoms with Crippen LogP contribution in [0.4, 0.5) is 0 Å². The van der Waals surface area contributed by atoms with Gasteiger partial charge in [-0.1, -0.05) is 34.6 Å². The Morgan fingerprint density at radius 1 is 1.00 bits per heavy atom. The van der Waals surface area contributed by atoms with E-state index in [2.05, 4.69) is 26.1 Å². The third-order valence-electron chi connectivity index (χ3n) is 1.05. The maximum atomic E-state index is 3.02. The SMILES string of the molecule is CC.CCCNC.CCCSCC. The molecule has 1 nitrogen and oxygen atoms in total. The molecule has 1 N–H and O–H groups in total. The monoisotopic (exact) mass is 207 g/mol. The zero-order valence-corrected chi connectivity index (χ0v) is 11.3. The predicted molar refractivity (Wildman–Crippen MR) is 68.9 cm³/mol. The molecule has 0 heterocycles. The summed E-state index contributed by atoms with van der Waals surface area (Å²) in [6.07, 6.45) is 2.55. The normalized spacial score (nSPS) is 7.85. The van der Waals surface area contributed by atoms with Crippen LogP contribution < -0.4 is 5.32 Å². The molecule has 0 rings (SSSR count). The molecule has 0 unspecified atom stereocenters. The molecule has 0 spiro atoms. The van der Waals surface area contributed by atoms with Crippen LogP contribution in [0.5, 0.6) is 0 Å². The van der Waals surface area contributed by atoms with E-state index in [4.69, 9.17) is 0 Å². The van der Waals surface area contributed by atoms with Gasteiger partial charge in [0.2, 0.25) is 0 Å². The van der Waals surface area contributed by atoms with E-state index in [9.17, 15) is 0 Å². The van der Waals surface area contributed by atoms with Crippen molar-refractivity contribution in [1.82, 2.24) is 5.32 Å². The van der Waals surface area contributed by atoms with Crippen molar-refractivity contribution in [1.29, 1.82) is 0 Å². The molecule has 13 heavy (non-hydrogen) atoms. The third kappa shape index (κ3) is 46.4. The van der Waals surface area contributed by atoms with Crippen LogP contribution in [0, 0.1) is 0 Å². The van der Waals surface area contributed by atoms with Crippen molar-refractivity contribution in [2.45, 2.75) is 47.5 Å². The number of hydrogen-bond acceptors (Lipinski definition) is 2. The molecule has 0 aliphatic rings. The number of thioether (sulfide) groups is 1. The minimum absolute atomic E-state index is 1.14. The molecule has 0 amide bonds. The molecule has 2 heteroatoms. The van der Waals surface area contributed by atoms with Crippen molar-refractivity contribution >= 4 is 11.8 Å². The molecule has 0 saturated heterocycles. The van der Waals surface area contributed by atoms with Gasteiger partial charge in [-0.3, -0.25) is 0 Å². The van der Waals surface area contributed by atoms with E-state index in [1.165, 1.54) is 24.3 Å². The zero-order chi connectivity index (χ0) is 10.9. The van der Waals surface area contributed by atoms with Crippen LogP contribution in [0.1, 0.15) is 47.5 Å². The van der Waals surface area contributed by atoms with E-state index >= 15 is 0 Å². The predicted octanol–water partition coefficient (Wildman–Crippen LogP) is 3.79. The largest absolute Gasteiger partial charge is 0.320 e. The highest BCUT2D eigenvalue weighted by atomic mass is 32.2. The third-order valence-corrected chi connectivity index (χ3v) is 2.16. The first kappa shape index (κ1) is 19.0. The fourth-order valence-electron chi connectivity index (χ4n) is 0.539. The number of nitrogens with one attached hydrogen (secondary N) is 1. The molecule has 0 saturated carbocycles. The summed E-state index contributed by atoms with van der Waals surface area (Å²) in [4.78, 5) is 0. The summed E-state index contributed by atoms with van der Waals surface area (Å²) < 4.78 is 0. The second kappa shape index (κ2) is 29.5. The van der Waals surface area contributed by atoms with Crippen molar-refractivity contribution < 1.29 is 0 Å². The fraction of sp³-hybridized carbons (Fsp3) is 1.00. The van der Waals surface area contributed by atoms with Crippen molar-refractivity contribution in [3.8, 4) is 0 Å². The first-order chi connectivity index (χ1) is 6.33. The second-order valence-electron chi connectivity index (χ2n) is 2.30. The summed E-state index contributed by atoms with van der Waals surface area (Å²) in [6, 6.07) is 0. The highest BCUT2D eigenvalue weighted by molar-refractivity contribution is 7.99. The standard InChI is InChI=1S/C5H12S.C4H11N.C2H6/c1-3-5-6-4-2;1-3-4-5-2;1-2/h3-5H2,1-2H3;5H,3-4H2,1-2H3;1-2H3. The minimum atomic E-state index is 1.14. The van der Waals surface area contributed by atoms with Crippen LogP contribution in [0.3, 0.4) is 0 Å². The summed E-state index contributed by atoms with van der Waals surface area (Å²) >= 11 is 2.01. The van der Waals surface area contributed by atoms with Gasteiger partial charge in [-0.25, -0.2) is 0 Å². The van der Waals surface area contributed by atoms with Gasteiger partial charge in [0.05, 0.1) is 0 Å². The molecule has 0 aromatic heterocycles. The van der Waals surface area contributed by atoms with Crippen molar-refractivity contribution in [2.24, 2.45) is 0 Å². The first-order valence-corrected chi connectivity index (χ1v) is 6.71. The van der Waals surface area contributed by atoms with Crippen LogP contribution in [0.25, 0.3) is 0 Å². The molecule has 0 aliphatic carbocycles. The van der Waals surface area contributed by atoms with Gasteiger partial charge in [0.1, 0.15) is 0 Å². The number of rotatable bonds is 5. The maximum absolute atomic E-state index is 3.02. The van der Waals surface area contributed by atoms with Gasteiger partial charge in [-0.15, -0.1) is 0 Å². The molecule has 0 bridgehead atoms. The van der Waals surface area contributed by atoms with Crippen LogP contribution in [-0.4, -0.2) is 25.1 Å². The van der Waals surface area contributed by atoms with Crippen molar-refractivity contribution in [2.75, 3.05) is 25.1 Å². The van der Waals surface area contributed by atoms with Gasteiger partial charge < -0.3 is 5.32 Å². The summed E-state index contributed by atoms with van der Waals surface area (Å²) in [7, 11) is 1.96. The molecule has 0 aliphatic heterocycles. The van der Waals surface area contributed by atoms with Gasteiger partial charge in [-0.05, 0) is 37.9 Å². The van der Waals surface area contributed by atoms with E-state index in [1.807, 2.05) is 32.7 Å². The fourth-order valence-corrected chi connectivity index (χ4v) is 1.12. The minimum Gasteiger partial charge on any atom is -0.320 e. The van der Waals surface area contributed by atoms with Gasteiger partial charge in [0.25, 0.3) is 0 Å². The summed E-state index contributed by atoms with van der Waals surface area (Å²) in [5.41, 5.74) is 0. The van der Waals surface area contributed by atoms with Crippen LogP contribution in [-0.2, 0) is 0 Å². The molecule has 0 fully saturated rings. The van der Waals surface area contributed by atoms with Gasteiger partial charge >= 0.3 is 0 Å². The molecular formula is C11H29NS. The van der Waals surface area contributed by atoms with Crippen LogP contribution >= 0.6 is 11.8 Å². The number of hydrogen-bond donors (Lipinski definition) is 1. The molecule has 0 aromatic rings. The highest BCUT2D eigenvalue weighted by Gasteiger charge is 1.74. The lowest BCUT2D eigenvalue weighted by Crippen LogP contribution is -2.04. The lowest BCUT2D eigenvalue weighted by Gasteiger charge is -1.87. The lowest BCUT2D eigenvalue weighted by molar-refractivity contribution is 0.772. The Morgan fingerprint density at radius 2 is 1.54 bits per heavy atom. The molecule has 0 atom stereocenters. The maximum Gasteiger partial charge on any atom is -0.00546 e. The summed E-state index contributed by atoms with van der Waals surface area (Å²) in [6.45, 7) is 11.7.